The summed E-state index contributed by atoms with van der Waals surface area (Å²) in [5.74, 6) is 0.394. The molecule has 1 aliphatic heterocycles. The van der Waals surface area contributed by atoms with Crippen molar-refractivity contribution in [1.29, 1.82) is 0 Å². The van der Waals surface area contributed by atoms with Gasteiger partial charge in [-0.3, -0.25) is 9.69 Å². The average Bonchev–Trinajstić information content (AvgIpc) is 2.54. The Kier molecular flexibility index (Phi) is 3.85. The Balaban J connectivity index is 1.95. The van der Waals surface area contributed by atoms with E-state index in [0.717, 1.165) is 22.5 Å². The minimum atomic E-state index is -0.412. The van der Waals surface area contributed by atoms with Crippen molar-refractivity contribution < 1.29 is 14.3 Å². The first-order chi connectivity index (χ1) is 11.0. The molecular formula is C18H16N2O3. The maximum absolute atomic E-state index is 11.9. The van der Waals surface area contributed by atoms with Gasteiger partial charge in [-0.15, -0.1) is 0 Å². The number of amides is 2. The molecule has 3 rings (SSSR count). The van der Waals surface area contributed by atoms with Crippen molar-refractivity contribution in [3.05, 3.63) is 59.7 Å². The topological polar surface area (TPSA) is 58.6 Å². The van der Waals surface area contributed by atoms with Gasteiger partial charge in [0, 0.05) is 25.2 Å². The predicted molar refractivity (Wildman–Crippen MR) is 89.9 cm³/mol. The zero-order valence-electron chi connectivity index (χ0n) is 12.9. The number of nitrogens with one attached hydrogen (secondary N) is 1. The van der Waals surface area contributed by atoms with Crippen LogP contribution in [0.25, 0.3) is 11.8 Å². The van der Waals surface area contributed by atoms with Gasteiger partial charge in [0.25, 0.3) is 0 Å². The van der Waals surface area contributed by atoms with Crippen LogP contribution in [0.15, 0.2) is 48.5 Å². The summed E-state index contributed by atoms with van der Waals surface area (Å²) >= 11 is 0. The first-order valence-electron chi connectivity index (χ1n) is 7.19. The second kappa shape index (κ2) is 5.96. The number of hydrogen-bond donors (Lipinski definition) is 1. The average molecular weight is 308 g/mol. The zero-order chi connectivity index (χ0) is 16.4. The van der Waals surface area contributed by atoms with Crippen LogP contribution in [0.4, 0.5) is 16.2 Å². The van der Waals surface area contributed by atoms with Crippen LogP contribution in [0.1, 0.15) is 18.1 Å². The molecule has 2 amide bonds. The molecular weight excluding hydrogens is 292 g/mol. The van der Waals surface area contributed by atoms with E-state index >= 15 is 0 Å². The smallest absolute Gasteiger partial charge is 0.409 e. The lowest BCUT2D eigenvalue weighted by Gasteiger charge is -2.26. The predicted octanol–water partition coefficient (Wildman–Crippen LogP) is 3.73. The Morgan fingerprint density at radius 3 is 2.52 bits per heavy atom. The van der Waals surface area contributed by atoms with E-state index in [1.54, 1.807) is 25.3 Å². The van der Waals surface area contributed by atoms with Crippen molar-refractivity contribution in [2.45, 2.75) is 6.92 Å². The molecule has 1 heterocycles. The molecule has 0 fully saturated rings. The highest BCUT2D eigenvalue weighted by atomic mass is 16.6. The number of ether oxygens (including phenoxy) is 1. The lowest BCUT2D eigenvalue weighted by Crippen LogP contribution is -2.31. The second-order valence-corrected chi connectivity index (χ2v) is 5.26. The zero-order valence-corrected chi connectivity index (χ0v) is 12.9. The number of carbonyl (C=O) groups is 2. The highest BCUT2D eigenvalue weighted by molar-refractivity contribution is 6.01. The summed E-state index contributed by atoms with van der Waals surface area (Å²) in [5, 5.41) is 2.71. The highest BCUT2D eigenvalue weighted by Gasteiger charge is 2.25. The van der Waals surface area contributed by atoms with Crippen molar-refractivity contribution in [1.82, 2.24) is 0 Å². The van der Waals surface area contributed by atoms with Gasteiger partial charge in [0.1, 0.15) is 5.76 Å². The number of fused-ring (bicyclic) bond motifs is 1. The number of para-hydroxylation sites is 1. The van der Waals surface area contributed by atoms with Crippen LogP contribution >= 0.6 is 0 Å². The molecule has 0 saturated heterocycles. The quantitative estimate of drug-likeness (QED) is 0.919. The molecule has 5 nitrogen and oxygen atoms in total. The van der Waals surface area contributed by atoms with Crippen LogP contribution in [0, 0.1) is 0 Å². The number of rotatable bonds is 2. The molecule has 0 bridgehead atoms. The van der Waals surface area contributed by atoms with E-state index in [1.165, 1.54) is 11.8 Å². The number of benzene rings is 2. The summed E-state index contributed by atoms with van der Waals surface area (Å²) in [6.45, 7) is 1.46. The first-order valence-corrected chi connectivity index (χ1v) is 7.19. The van der Waals surface area contributed by atoms with Crippen molar-refractivity contribution in [2.24, 2.45) is 0 Å². The van der Waals surface area contributed by atoms with Gasteiger partial charge in [-0.1, -0.05) is 24.3 Å². The van der Waals surface area contributed by atoms with E-state index < -0.39 is 6.09 Å². The summed E-state index contributed by atoms with van der Waals surface area (Å²) in [7, 11) is 1.68. The molecule has 0 radical (unpaired) electrons. The largest absolute Gasteiger partial charge is 0.419 e. The number of cyclic esters (lactones) is 1. The van der Waals surface area contributed by atoms with Crippen molar-refractivity contribution >= 4 is 35.2 Å². The first kappa shape index (κ1) is 14.8. The van der Waals surface area contributed by atoms with Crippen LogP contribution < -0.4 is 10.2 Å². The molecule has 0 spiro atoms. The lowest BCUT2D eigenvalue weighted by molar-refractivity contribution is -0.114. The van der Waals surface area contributed by atoms with E-state index in [-0.39, 0.29) is 5.91 Å². The van der Waals surface area contributed by atoms with Crippen LogP contribution in [0.3, 0.4) is 0 Å². The van der Waals surface area contributed by atoms with Gasteiger partial charge in [-0.05, 0) is 35.9 Å². The van der Waals surface area contributed by atoms with E-state index in [1.807, 2.05) is 36.4 Å². The summed E-state index contributed by atoms with van der Waals surface area (Å²) in [4.78, 5) is 24.5. The molecule has 23 heavy (non-hydrogen) atoms. The Morgan fingerprint density at radius 2 is 1.83 bits per heavy atom. The molecule has 2 aromatic rings. The maximum Gasteiger partial charge on any atom is 0.419 e. The number of nitrogens with zero attached hydrogens (tertiary/aromatic N) is 1. The molecule has 2 aromatic carbocycles. The summed E-state index contributed by atoms with van der Waals surface area (Å²) in [5.41, 5.74) is 3.27. The van der Waals surface area contributed by atoms with Gasteiger partial charge >= 0.3 is 6.09 Å². The Morgan fingerprint density at radius 1 is 1.13 bits per heavy atom. The molecule has 116 valence electrons. The number of carbonyl (C=O) groups excluding carboxylic acids is 2. The summed E-state index contributed by atoms with van der Waals surface area (Å²) in [6, 6.07) is 14.9. The third-order valence-electron chi connectivity index (χ3n) is 3.53. The second-order valence-electron chi connectivity index (χ2n) is 5.26. The van der Waals surface area contributed by atoms with Crippen LogP contribution in [0.5, 0.6) is 0 Å². The van der Waals surface area contributed by atoms with Crippen LogP contribution in [-0.4, -0.2) is 19.0 Å². The minimum absolute atomic E-state index is 0.116. The Hall–Kier alpha value is -3.08. The highest BCUT2D eigenvalue weighted by Crippen LogP contribution is 2.34. The maximum atomic E-state index is 11.9. The molecule has 0 aromatic heterocycles. The normalized spacial score (nSPS) is 15.1. The van der Waals surface area contributed by atoms with Gasteiger partial charge in [-0.25, -0.2) is 4.79 Å². The summed E-state index contributed by atoms with van der Waals surface area (Å²) < 4.78 is 5.40. The third kappa shape index (κ3) is 3.08. The molecule has 5 heteroatoms. The monoisotopic (exact) mass is 308 g/mol. The molecule has 0 unspecified atom stereocenters. The van der Waals surface area contributed by atoms with Gasteiger partial charge < -0.3 is 10.1 Å². The van der Waals surface area contributed by atoms with Crippen molar-refractivity contribution in [2.75, 3.05) is 17.3 Å². The Labute approximate surface area is 134 Å². The fraction of sp³-hybridized carbons (Fsp3) is 0.111. The standard InChI is InChI=1S/C18H16N2O3/c1-12(21)19-14-9-7-13(8-10-14)11-17-15-5-3-4-6-16(15)20(2)18(22)23-17/h3-11H,1-2H3,(H,19,21)/b17-11-. The van der Waals surface area contributed by atoms with E-state index in [2.05, 4.69) is 5.32 Å². The van der Waals surface area contributed by atoms with Crippen molar-refractivity contribution in [3.8, 4) is 0 Å². The lowest BCUT2D eigenvalue weighted by atomic mass is 10.1. The van der Waals surface area contributed by atoms with Gasteiger partial charge in [0.15, 0.2) is 0 Å². The SMILES string of the molecule is CC(=O)Nc1ccc(/C=C2\OC(=O)N(C)c3ccccc32)cc1. The van der Waals surface area contributed by atoms with Gasteiger partial charge in [-0.2, -0.15) is 0 Å². The van der Waals surface area contributed by atoms with E-state index in [9.17, 15) is 9.59 Å². The van der Waals surface area contributed by atoms with Crippen molar-refractivity contribution in [3.63, 3.8) is 0 Å². The third-order valence-corrected chi connectivity index (χ3v) is 3.53. The van der Waals surface area contributed by atoms with Gasteiger partial charge in [0.2, 0.25) is 5.91 Å². The summed E-state index contributed by atoms with van der Waals surface area (Å²) in [6.07, 6.45) is 1.39. The molecule has 0 aliphatic carbocycles. The molecule has 1 N–H and O–H groups in total. The van der Waals surface area contributed by atoms with Gasteiger partial charge in [0.05, 0.1) is 5.69 Å². The number of hydrogen-bond acceptors (Lipinski definition) is 3. The van der Waals surface area contributed by atoms with Crippen LogP contribution in [-0.2, 0) is 9.53 Å². The van der Waals surface area contributed by atoms with Crippen LogP contribution in [0.2, 0.25) is 0 Å². The fourth-order valence-electron chi connectivity index (χ4n) is 2.41. The molecule has 0 atom stereocenters. The minimum Gasteiger partial charge on any atom is -0.409 e. The fourth-order valence-corrected chi connectivity index (χ4v) is 2.41. The Bertz CT molecular complexity index is 794. The molecule has 0 saturated carbocycles. The number of anilines is 2. The molecule has 1 aliphatic rings. The van der Waals surface area contributed by atoms with E-state index in [4.69, 9.17) is 4.74 Å². The van der Waals surface area contributed by atoms with E-state index in [0.29, 0.717) is 5.76 Å².